The lowest BCUT2D eigenvalue weighted by Gasteiger charge is -2.06. The molecule has 2 N–H and O–H groups in total. The van der Waals surface area contributed by atoms with E-state index >= 15 is 0 Å². The van der Waals surface area contributed by atoms with Crippen molar-refractivity contribution in [2.75, 3.05) is 6.54 Å². The fraction of sp³-hybridized carbons (Fsp3) is 0.200. The molecule has 3 aromatic rings. The van der Waals surface area contributed by atoms with Gasteiger partial charge in [0.15, 0.2) is 0 Å². The first-order chi connectivity index (χ1) is 9.75. The van der Waals surface area contributed by atoms with Crippen LogP contribution in [0.25, 0.3) is 10.9 Å². The number of rotatable bonds is 4. The summed E-state index contributed by atoms with van der Waals surface area (Å²) in [6, 6.07) is 7.66. The van der Waals surface area contributed by atoms with E-state index in [0.29, 0.717) is 12.1 Å². The summed E-state index contributed by atoms with van der Waals surface area (Å²) in [6.07, 6.45) is 6.22. The summed E-state index contributed by atoms with van der Waals surface area (Å²) in [5.74, 6) is 0.899. The highest BCUT2D eigenvalue weighted by Crippen LogP contribution is 2.16. The van der Waals surface area contributed by atoms with E-state index < -0.39 is 0 Å². The predicted octanol–water partition coefficient (Wildman–Crippen LogP) is 1.87. The average molecular weight is 268 g/mol. The van der Waals surface area contributed by atoms with Crippen LogP contribution in [0, 0.1) is 0 Å². The number of aromatic amines is 1. The van der Waals surface area contributed by atoms with Crippen LogP contribution in [0.4, 0.5) is 0 Å². The maximum absolute atomic E-state index is 12.2. The van der Waals surface area contributed by atoms with E-state index in [1.807, 2.05) is 48.3 Å². The second-order valence-electron chi connectivity index (χ2n) is 4.71. The van der Waals surface area contributed by atoms with Crippen molar-refractivity contribution in [3.8, 4) is 0 Å². The zero-order valence-electron chi connectivity index (χ0n) is 11.3. The Labute approximate surface area is 116 Å². The number of para-hydroxylation sites is 1. The van der Waals surface area contributed by atoms with E-state index in [1.54, 1.807) is 6.20 Å². The molecule has 20 heavy (non-hydrogen) atoms. The fourth-order valence-electron chi connectivity index (χ4n) is 2.29. The number of fused-ring (bicyclic) bond motifs is 1. The van der Waals surface area contributed by atoms with Gasteiger partial charge in [-0.2, -0.15) is 0 Å². The maximum atomic E-state index is 12.2. The summed E-state index contributed by atoms with van der Waals surface area (Å²) >= 11 is 0. The molecule has 1 amide bonds. The van der Waals surface area contributed by atoms with Gasteiger partial charge in [-0.05, 0) is 12.1 Å². The van der Waals surface area contributed by atoms with Crippen LogP contribution in [0.3, 0.4) is 0 Å². The number of nitrogens with one attached hydrogen (secondary N) is 2. The molecule has 2 heterocycles. The van der Waals surface area contributed by atoms with Crippen LogP contribution in [0.5, 0.6) is 0 Å². The largest absolute Gasteiger partial charge is 0.361 e. The Balaban J connectivity index is 1.68. The van der Waals surface area contributed by atoms with E-state index in [1.165, 1.54) is 0 Å². The van der Waals surface area contributed by atoms with Gasteiger partial charge in [-0.15, -0.1) is 0 Å². The number of nitrogens with zero attached hydrogens (tertiary/aromatic N) is 2. The first-order valence-electron chi connectivity index (χ1n) is 6.56. The van der Waals surface area contributed by atoms with Crippen LogP contribution in [-0.4, -0.2) is 27.0 Å². The van der Waals surface area contributed by atoms with Crippen LogP contribution in [0.15, 0.2) is 42.9 Å². The second-order valence-corrected chi connectivity index (χ2v) is 4.71. The van der Waals surface area contributed by atoms with Gasteiger partial charge in [-0.25, -0.2) is 4.98 Å². The van der Waals surface area contributed by atoms with E-state index in [-0.39, 0.29) is 5.91 Å². The molecule has 0 fully saturated rings. The Bertz CT molecular complexity index is 741. The van der Waals surface area contributed by atoms with E-state index in [0.717, 1.165) is 23.1 Å². The summed E-state index contributed by atoms with van der Waals surface area (Å²) in [4.78, 5) is 19.5. The molecule has 0 atom stereocenters. The molecule has 0 unspecified atom stereocenters. The van der Waals surface area contributed by atoms with Crippen molar-refractivity contribution in [1.82, 2.24) is 19.9 Å². The normalized spacial score (nSPS) is 10.8. The highest BCUT2D eigenvalue weighted by molar-refractivity contribution is 6.05. The molecule has 0 saturated carbocycles. The summed E-state index contributed by atoms with van der Waals surface area (Å²) < 4.78 is 1.96. The zero-order valence-corrected chi connectivity index (χ0v) is 11.3. The van der Waals surface area contributed by atoms with Crippen LogP contribution >= 0.6 is 0 Å². The van der Waals surface area contributed by atoms with Crippen molar-refractivity contribution in [3.63, 3.8) is 0 Å². The highest BCUT2D eigenvalue weighted by Gasteiger charge is 2.10. The number of hydrogen-bond donors (Lipinski definition) is 2. The fourth-order valence-corrected chi connectivity index (χ4v) is 2.29. The number of aromatic nitrogens is 3. The standard InChI is InChI=1S/C15H16N4O/c1-19-10-9-16-13(19)6-8-18-15(20)12-4-2-3-11-5-7-17-14(11)12/h2-5,7,9-10,17H,6,8H2,1H3,(H,18,20). The average Bonchev–Trinajstić information content (AvgIpc) is 3.07. The van der Waals surface area contributed by atoms with Gasteiger partial charge in [0.2, 0.25) is 0 Å². The minimum atomic E-state index is -0.0627. The lowest BCUT2D eigenvalue weighted by Crippen LogP contribution is -2.26. The highest BCUT2D eigenvalue weighted by atomic mass is 16.1. The van der Waals surface area contributed by atoms with Gasteiger partial charge in [0.25, 0.3) is 5.91 Å². The number of imidazole rings is 1. The Morgan fingerprint density at radius 3 is 3.10 bits per heavy atom. The summed E-state index contributed by atoms with van der Waals surface area (Å²) in [5.41, 5.74) is 1.55. The molecular weight excluding hydrogens is 252 g/mol. The zero-order chi connectivity index (χ0) is 13.9. The summed E-state index contributed by atoms with van der Waals surface area (Å²) in [7, 11) is 1.95. The molecule has 0 aliphatic heterocycles. The summed E-state index contributed by atoms with van der Waals surface area (Å²) in [5, 5.41) is 3.98. The van der Waals surface area contributed by atoms with Crippen LogP contribution in [0.2, 0.25) is 0 Å². The molecule has 1 aromatic carbocycles. The van der Waals surface area contributed by atoms with Gasteiger partial charge in [-0.3, -0.25) is 4.79 Å². The monoisotopic (exact) mass is 268 g/mol. The van der Waals surface area contributed by atoms with Crippen LogP contribution in [0.1, 0.15) is 16.2 Å². The Morgan fingerprint density at radius 1 is 1.40 bits per heavy atom. The number of amides is 1. The van der Waals surface area contributed by atoms with Gasteiger partial charge >= 0.3 is 0 Å². The molecule has 102 valence electrons. The molecule has 5 heteroatoms. The first-order valence-corrected chi connectivity index (χ1v) is 6.56. The quantitative estimate of drug-likeness (QED) is 0.759. The van der Waals surface area contributed by atoms with Crippen LogP contribution < -0.4 is 5.32 Å². The Morgan fingerprint density at radius 2 is 2.30 bits per heavy atom. The van der Waals surface area contributed by atoms with Gasteiger partial charge < -0.3 is 14.9 Å². The van der Waals surface area contributed by atoms with Crippen molar-refractivity contribution >= 4 is 16.8 Å². The Hall–Kier alpha value is -2.56. The van der Waals surface area contributed by atoms with Crippen molar-refractivity contribution in [2.45, 2.75) is 6.42 Å². The van der Waals surface area contributed by atoms with E-state index in [2.05, 4.69) is 15.3 Å². The molecule has 0 radical (unpaired) electrons. The van der Waals surface area contributed by atoms with Gasteiger partial charge in [0.05, 0.1) is 11.1 Å². The van der Waals surface area contributed by atoms with E-state index in [4.69, 9.17) is 0 Å². The number of aryl methyl sites for hydroxylation is 1. The molecular formula is C15H16N4O. The molecule has 5 nitrogen and oxygen atoms in total. The molecule has 2 aromatic heterocycles. The third-order valence-corrected chi connectivity index (χ3v) is 3.39. The third-order valence-electron chi connectivity index (χ3n) is 3.39. The number of H-pyrrole nitrogens is 1. The third kappa shape index (κ3) is 2.30. The molecule has 3 rings (SSSR count). The van der Waals surface area contributed by atoms with Gasteiger partial charge in [0.1, 0.15) is 5.82 Å². The number of carbonyl (C=O) groups is 1. The SMILES string of the molecule is Cn1ccnc1CCNC(=O)c1cccc2cc[nH]c12. The second kappa shape index (κ2) is 5.21. The first kappa shape index (κ1) is 12.5. The molecule has 0 aliphatic carbocycles. The van der Waals surface area contributed by atoms with E-state index in [9.17, 15) is 4.79 Å². The van der Waals surface area contributed by atoms with Crippen molar-refractivity contribution in [2.24, 2.45) is 7.05 Å². The number of benzene rings is 1. The minimum absolute atomic E-state index is 0.0627. The number of hydrogen-bond acceptors (Lipinski definition) is 2. The predicted molar refractivity (Wildman–Crippen MR) is 77.5 cm³/mol. The Kier molecular flexibility index (Phi) is 3.25. The molecule has 0 saturated heterocycles. The van der Waals surface area contributed by atoms with Gasteiger partial charge in [-0.1, -0.05) is 12.1 Å². The summed E-state index contributed by atoms with van der Waals surface area (Å²) in [6.45, 7) is 0.570. The lowest BCUT2D eigenvalue weighted by atomic mass is 10.1. The van der Waals surface area contributed by atoms with Crippen molar-refractivity contribution < 1.29 is 4.79 Å². The smallest absolute Gasteiger partial charge is 0.253 e. The van der Waals surface area contributed by atoms with Crippen molar-refractivity contribution in [3.05, 3.63) is 54.2 Å². The van der Waals surface area contributed by atoms with Crippen molar-refractivity contribution in [1.29, 1.82) is 0 Å². The minimum Gasteiger partial charge on any atom is -0.361 e. The maximum Gasteiger partial charge on any atom is 0.253 e. The molecule has 0 spiro atoms. The molecule has 0 bridgehead atoms. The molecule has 0 aliphatic rings. The van der Waals surface area contributed by atoms with Crippen LogP contribution in [-0.2, 0) is 13.5 Å². The topological polar surface area (TPSA) is 62.7 Å². The number of carbonyl (C=O) groups excluding carboxylic acids is 1. The van der Waals surface area contributed by atoms with Gasteiger partial charge in [0, 0.05) is 44.0 Å². The lowest BCUT2D eigenvalue weighted by molar-refractivity contribution is 0.0955.